The van der Waals surface area contributed by atoms with E-state index in [1.807, 2.05) is 0 Å². The molecule has 3 nitrogen and oxygen atoms in total. The van der Waals surface area contributed by atoms with E-state index in [1.165, 1.54) is 0 Å². The Balaban J connectivity index is 2.98. The van der Waals surface area contributed by atoms with Gasteiger partial charge >= 0.3 is 0 Å². The van der Waals surface area contributed by atoms with Crippen LogP contribution in [0.3, 0.4) is 0 Å². The highest BCUT2D eigenvalue weighted by atomic mass is 15.1. The molecule has 0 spiro atoms. The van der Waals surface area contributed by atoms with Crippen LogP contribution in [0.5, 0.6) is 0 Å². The van der Waals surface area contributed by atoms with Crippen molar-refractivity contribution in [3.05, 3.63) is 11.5 Å². The molecule has 1 heterocycles. The number of nitrogens with zero attached hydrogens (tertiary/aromatic N) is 2. The molecule has 0 fully saturated rings. The Bertz CT molecular complexity index is 313. The lowest BCUT2D eigenvalue weighted by Gasteiger charge is -2.07. The van der Waals surface area contributed by atoms with Gasteiger partial charge in [0.05, 0.1) is 5.69 Å². The second-order valence-electron chi connectivity index (χ2n) is 4.46. The second kappa shape index (κ2) is 5.19. The predicted octanol–water partition coefficient (Wildman–Crippen LogP) is 2.64. The molecule has 0 radical (unpaired) electrons. The Morgan fingerprint density at radius 1 is 1.33 bits per heavy atom. The fourth-order valence-electron chi connectivity index (χ4n) is 1.85. The molecule has 3 heteroatoms. The molecule has 86 valence electrons. The first-order valence-corrected chi connectivity index (χ1v) is 5.93. The molecule has 1 aromatic rings. The number of imidazole rings is 1. The van der Waals surface area contributed by atoms with Crippen molar-refractivity contribution in [3.63, 3.8) is 0 Å². The van der Waals surface area contributed by atoms with Gasteiger partial charge in [-0.25, -0.2) is 4.98 Å². The largest absolute Gasteiger partial charge is 0.384 e. The summed E-state index contributed by atoms with van der Waals surface area (Å²) in [5.74, 6) is 2.62. The van der Waals surface area contributed by atoms with Crippen LogP contribution < -0.4 is 5.73 Å². The SMILES string of the molecule is CCCn1c(CC)nc(CC(C)C)c1N. The third-order valence-corrected chi connectivity index (χ3v) is 2.53. The Morgan fingerprint density at radius 2 is 2.00 bits per heavy atom. The Kier molecular flexibility index (Phi) is 4.18. The number of nitrogen functional groups attached to an aromatic ring is 1. The summed E-state index contributed by atoms with van der Waals surface area (Å²) in [6.45, 7) is 9.68. The van der Waals surface area contributed by atoms with Crippen LogP contribution in [0, 0.1) is 5.92 Å². The maximum atomic E-state index is 6.11. The molecule has 0 aliphatic rings. The van der Waals surface area contributed by atoms with Crippen molar-refractivity contribution in [2.45, 2.75) is 53.5 Å². The van der Waals surface area contributed by atoms with Crippen LogP contribution in [0.2, 0.25) is 0 Å². The van der Waals surface area contributed by atoms with E-state index in [1.54, 1.807) is 0 Å². The van der Waals surface area contributed by atoms with Gasteiger partial charge in [0, 0.05) is 13.0 Å². The van der Waals surface area contributed by atoms with Crippen molar-refractivity contribution in [1.29, 1.82) is 0 Å². The summed E-state index contributed by atoms with van der Waals surface area (Å²) >= 11 is 0. The first-order valence-electron chi connectivity index (χ1n) is 5.93. The molecule has 1 aromatic heterocycles. The molecule has 15 heavy (non-hydrogen) atoms. The standard InChI is InChI=1S/C12H23N3/c1-5-7-15-11(6-2)14-10(12(15)13)8-9(3)4/h9H,5-8,13H2,1-4H3. The molecular formula is C12H23N3. The monoisotopic (exact) mass is 209 g/mol. The molecule has 1 rings (SSSR count). The van der Waals surface area contributed by atoms with Crippen molar-refractivity contribution < 1.29 is 0 Å². The van der Waals surface area contributed by atoms with Gasteiger partial charge in [-0.1, -0.05) is 27.7 Å². The van der Waals surface area contributed by atoms with Crippen molar-refractivity contribution in [2.75, 3.05) is 5.73 Å². The lowest BCUT2D eigenvalue weighted by atomic mass is 10.1. The minimum absolute atomic E-state index is 0.613. The number of aryl methyl sites for hydroxylation is 1. The molecule has 0 bridgehead atoms. The van der Waals surface area contributed by atoms with Crippen molar-refractivity contribution in [3.8, 4) is 0 Å². The van der Waals surface area contributed by atoms with Crippen LogP contribution in [0.15, 0.2) is 0 Å². The molecule has 2 N–H and O–H groups in total. The zero-order valence-electron chi connectivity index (χ0n) is 10.4. The lowest BCUT2D eigenvalue weighted by molar-refractivity contribution is 0.637. The average molecular weight is 209 g/mol. The minimum atomic E-state index is 0.613. The van der Waals surface area contributed by atoms with Crippen LogP contribution in [0.1, 0.15) is 45.6 Å². The normalized spacial score (nSPS) is 11.3. The fraction of sp³-hybridized carbons (Fsp3) is 0.750. The highest BCUT2D eigenvalue weighted by Gasteiger charge is 2.13. The van der Waals surface area contributed by atoms with E-state index in [0.717, 1.165) is 43.1 Å². The summed E-state index contributed by atoms with van der Waals surface area (Å²) in [4.78, 5) is 4.62. The summed E-state index contributed by atoms with van der Waals surface area (Å²) in [6, 6.07) is 0. The summed E-state index contributed by atoms with van der Waals surface area (Å²) in [6.07, 6.45) is 3.05. The number of anilines is 1. The summed E-state index contributed by atoms with van der Waals surface area (Å²) in [5, 5.41) is 0. The minimum Gasteiger partial charge on any atom is -0.384 e. The Hall–Kier alpha value is -0.990. The summed E-state index contributed by atoms with van der Waals surface area (Å²) < 4.78 is 2.16. The quantitative estimate of drug-likeness (QED) is 0.810. The molecule has 0 saturated carbocycles. The van der Waals surface area contributed by atoms with Gasteiger partial charge in [0.1, 0.15) is 11.6 Å². The van der Waals surface area contributed by atoms with E-state index in [0.29, 0.717) is 5.92 Å². The van der Waals surface area contributed by atoms with Crippen molar-refractivity contribution in [1.82, 2.24) is 9.55 Å². The van der Waals surface area contributed by atoms with Crippen LogP contribution >= 0.6 is 0 Å². The van der Waals surface area contributed by atoms with Gasteiger partial charge in [-0.3, -0.25) is 0 Å². The zero-order chi connectivity index (χ0) is 11.4. The number of nitrogens with two attached hydrogens (primary N) is 1. The number of aromatic nitrogens is 2. The smallest absolute Gasteiger partial charge is 0.126 e. The molecule has 0 atom stereocenters. The van der Waals surface area contributed by atoms with Crippen molar-refractivity contribution in [2.24, 2.45) is 5.92 Å². The van der Waals surface area contributed by atoms with Crippen LogP contribution in [0.4, 0.5) is 5.82 Å². The highest BCUT2D eigenvalue weighted by molar-refractivity contribution is 5.38. The molecule has 0 amide bonds. The fourth-order valence-corrected chi connectivity index (χ4v) is 1.85. The van der Waals surface area contributed by atoms with E-state index in [2.05, 4.69) is 37.2 Å². The number of hydrogen-bond donors (Lipinski definition) is 1. The van der Waals surface area contributed by atoms with Gasteiger partial charge in [-0.2, -0.15) is 0 Å². The first kappa shape index (κ1) is 12.1. The maximum Gasteiger partial charge on any atom is 0.126 e. The third-order valence-electron chi connectivity index (χ3n) is 2.53. The van der Waals surface area contributed by atoms with Crippen LogP contribution in [0.25, 0.3) is 0 Å². The van der Waals surface area contributed by atoms with E-state index in [-0.39, 0.29) is 0 Å². The van der Waals surface area contributed by atoms with E-state index in [9.17, 15) is 0 Å². The number of rotatable bonds is 5. The third kappa shape index (κ3) is 2.74. The molecule has 0 unspecified atom stereocenters. The Morgan fingerprint density at radius 3 is 2.47 bits per heavy atom. The Labute approximate surface area is 92.7 Å². The van der Waals surface area contributed by atoms with Gasteiger partial charge in [0.15, 0.2) is 0 Å². The molecule has 0 saturated heterocycles. The molecule has 0 aromatic carbocycles. The van der Waals surface area contributed by atoms with Gasteiger partial charge in [0.25, 0.3) is 0 Å². The maximum absolute atomic E-state index is 6.11. The molecule has 0 aliphatic heterocycles. The van der Waals surface area contributed by atoms with Crippen LogP contribution in [-0.2, 0) is 19.4 Å². The van der Waals surface area contributed by atoms with Gasteiger partial charge in [0.2, 0.25) is 0 Å². The second-order valence-corrected chi connectivity index (χ2v) is 4.46. The van der Waals surface area contributed by atoms with Gasteiger partial charge in [-0.15, -0.1) is 0 Å². The molecule has 0 aliphatic carbocycles. The highest BCUT2D eigenvalue weighted by Crippen LogP contribution is 2.18. The van der Waals surface area contributed by atoms with Crippen LogP contribution in [-0.4, -0.2) is 9.55 Å². The van der Waals surface area contributed by atoms with E-state index in [4.69, 9.17) is 5.73 Å². The van der Waals surface area contributed by atoms with Gasteiger partial charge < -0.3 is 10.3 Å². The van der Waals surface area contributed by atoms with Gasteiger partial charge in [-0.05, 0) is 18.8 Å². The summed E-state index contributed by atoms with van der Waals surface area (Å²) in [5.41, 5.74) is 7.19. The topological polar surface area (TPSA) is 43.8 Å². The lowest BCUT2D eigenvalue weighted by Crippen LogP contribution is -2.07. The van der Waals surface area contributed by atoms with E-state index >= 15 is 0 Å². The van der Waals surface area contributed by atoms with Crippen molar-refractivity contribution >= 4 is 5.82 Å². The summed E-state index contributed by atoms with van der Waals surface area (Å²) in [7, 11) is 0. The first-order chi connectivity index (χ1) is 7.10. The number of hydrogen-bond acceptors (Lipinski definition) is 2. The average Bonchev–Trinajstić information content (AvgIpc) is 2.46. The zero-order valence-corrected chi connectivity index (χ0v) is 10.4. The predicted molar refractivity (Wildman–Crippen MR) is 64.9 cm³/mol. The van der Waals surface area contributed by atoms with E-state index < -0.39 is 0 Å². The molecular weight excluding hydrogens is 186 g/mol.